The molecule has 1 aromatic carbocycles. The molecule has 0 bridgehead atoms. The van der Waals surface area contributed by atoms with Crippen molar-refractivity contribution in [3.8, 4) is 0 Å². The van der Waals surface area contributed by atoms with Crippen LogP contribution in [-0.2, 0) is 4.79 Å². The van der Waals surface area contributed by atoms with Crippen LogP contribution in [0.3, 0.4) is 0 Å². The van der Waals surface area contributed by atoms with Gasteiger partial charge in [0.05, 0.1) is 5.69 Å². The Labute approximate surface area is 112 Å². The van der Waals surface area contributed by atoms with Gasteiger partial charge in [-0.25, -0.2) is 13.6 Å². The normalized spacial score (nSPS) is 17.9. The number of likely N-dealkylation sites (N-methyl/N-ethyl adjacent to an activating group) is 1. The van der Waals surface area contributed by atoms with Crippen LogP contribution in [0.1, 0.15) is 0 Å². The van der Waals surface area contributed by atoms with E-state index in [1.165, 1.54) is 7.05 Å². The molecule has 0 aliphatic carbocycles. The van der Waals surface area contributed by atoms with Crippen molar-refractivity contribution in [3.05, 3.63) is 28.8 Å². The molecule has 102 valence electrons. The number of nitrogens with zero attached hydrogens (tertiary/aromatic N) is 1. The second kappa shape index (κ2) is 5.00. The van der Waals surface area contributed by atoms with Gasteiger partial charge in [0.15, 0.2) is 5.82 Å². The number of hydrogen-bond acceptors (Lipinski definition) is 2. The van der Waals surface area contributed by atoms with E-state index in [-0.39, 0.29) is 12.2 Å². The molecule has 19 heavy (non-hydrogen) atoms. The second-order valence-corrected chi connectivity index (χ2v) is 4.38. The quantitative estimate of drug-likeness (QED) is 0.805. The van der Waals surface area contributed by atoms with Crippen LogP contribution in [0.25, 0.3) is 0 Å². The molecule has 1 heterocycles. The van der Waals surface area contributed by atoms with Gasteiger partial charge in [-0.2, -0.15) is 0 Å². The highest BCUT2D eigenvalue weighted by atomic mass is 35.5. The molecule has 0 unspecified atom stereocenters. The Morgan fingerprint density at radius 1 is 1.47 bits per heavy atom. The Kier molecular flexibility index (Phi) is 3.57. The number of anilines is 1. The van der Waals surface area contributed by atoms with E-state index in [2.05, 4.69) is 10.6 Å². The predicted octanol–water partition coefficient (Wildman–Crippen LogP) is 1.26. The lowest BCUT2D eigenvalue weighted by molar-refractivity contribution is -0.119. The molecule has 1 aromatic rings. The third-order valence-electron chi connectivity index (χ3n) is 2.78. The summed E-state index contributed by atoms with van der Waals surface area (Å²) in [6.07, 6.45) is 0. The van der Waals surface area contributed by atoms with E-state index in [0.29, 0.717) is 0 Å². The fourth-order valence-electron chi connectivity index (χ4n) is 1.73. The van der Waals surface area contributed by atoms with Gasteiger partial charge >= 0.3 is 6.03 Å². The Morgan fingerprint density at radius 3 is 2.74 bits per heavy atom. The summed E-state index contributed by atoms with van der Waals surface area (Å²) in [5.74, 6) is -2.45. The van der Waals surface area contributed by atoms with Crippen molar-refractivity contribution in [1.29, 1.82) is 0 Å². The first-order valence-corrected chi connectivity index (χ1v) is 5.75. The minimum atomic E-state index is -1.02. The lowest BCUT2D eigenvalue weighted by Crippen LogP contribution is -2.44. The minimum absolute atomic E-state index is 0.110. The van der Waals surface area contributed by atoms with Gasteiger partial charge in [0.2, 0.25) is 0 Å². The third kappa shape index (κ3) is 2.46. The molecule has 1 fully saturated rings. The van der Waals surface area contributed by atoms with Crippen LogP contribution >= 0.6 is 11.6 Å². The Morgan fingerprint density at radius 2 is 2.16 bits per heavy atom. The number of hydrogen-bond donors (Lipinski definition) is 2. The first-order valence-electron chi connectivity index (χ1n) is 5.37. The van der Waals surface area contributed by atoms with Crippen molar-refractivity contribution in [3.63, 3.8) is 0 Å². The topological polar surface area (TPSA) is 61.4 Å². The zero-order chi connectivity index (χ0) is 14.2. The average Bonchev–Trinajstić information content (AvgIpc) is 2.81. The first-order chi connectivity index (χ1) is 8.91. The van der Waals surface area contributed by atoms with Crippen molar-refractivity contribution in [2.75, 3.05) is 18.5 Å². The zero-order valence-corrected chi connectivity index (χ0v) is 10.6. The van der Waals surface area contributed by atoms with Crippen LogP contribution in [-0.4, -0.2) is 31.6 Å². The minimum Gasteiger partial charge on any atom is -0.336 e. The van der Waals surface area contributed by atoms with Gasteiger partial charge in [-0.1, -0.05) is 11.6 Å². The molecule has 0 spiro atoms. The van der Waals surface area contributed by atoms with Gasteiger partial charge in [-0.3, -0.25) is 4.79 Å². The molecule has 0 radical (unpaired) electrons. The maximum absolute atomic E-state index is 13.8. The van der Waals surface area contributed by atoms with Crippen molar-refractivity contribution >= 4 is 29.2 Å². The monoisotopic (exact) mass is 289 g/mol. The van der Waals surface area contributed by atoms with Gasteiger partial charge in [0.1, 0.15) is 16.9 Å². The van der Waals surface area contributed by atoms with E-state index in [9.17, 15) is 18.4 Å². The van der Waals surface area contributed by atoms with Crippen molar-refractivity contribution in [2.45, 2.75) is 6.04 Å². The van der Waals surface area contributed by atoms with Crippen LogP contribution in [0.15, 0.2) is 12.1 Å². The molecule has 2 N–H and O–H groups in total. The van der Waals surface area contributed by atoms with E-state index in [1.807, 2.05) is 0 Å². The number of rotatable bonds is 2. The van der Waals surface area contributed by atoms with E-state index in [1.54, 1.807) is 0 Å². The number of nitrogens with one attached hydrogen (secondary N) is 2. The largest absolute Gasteiger partial charge is 0.336 e. The average molecular weight is 290 g/mol. The molecule has 0 saturated carbocycles. The Balaban J connectivity index is 2.24. The lowest BCUT2D eigenvalue weighted by Gasteiger charge is -2.21. The molecule has 3 amide bonds. The number of urea groups is 1. The molecular formula is C11H10ClF2N3O2. The maximum Gasteiger partial charge on any atom is 0.315 e. The number of amides is 3. The zero-order valence-electron chi connectivity index (χ0n) is 9.84. The van der Waals surface area contributed by atoms with Gasteiger partial charge in [-0.05, 0) is 12.1 Å². The predicted molar refractivity (Wildman–Crippen MR) is 65.1 cm³/mol. The molecule has 1 atom stereocenters. The number of benzene rings is 1. The van der Waals surface area contributed by atoms with E-state index >= 15 is 0 Å². The molecule has 8 heteroatoms. The summed E-state index contributed by atoms with van der Waals surface area (Å²) in [5.41, 5.74) is -0.155. The maximum atomic E-state index is 13.8. The van der Waals surface area contributed by atoms with Crippen LogP contribution in [0.2, 0.25) is 5.02 Å². The van der Waals surface area contributed by atoms with E-state index in [4.69, 9.17) is 11.6 Å². The molecule has 2 rings (SSSR count). The van der Waals surface area contributed by atoms with Crippen molar-refractivity contribution < 1.29 is 18.4 Å². The summed E-state index contributed by atoms with van der Waals surface area (Å²) < 4.78 is 26.8. The highest BCUT2D eigenvalue weighted by molar-refractivity contribution is 6.31. The molecule has 1 aliphatic rings. The summed E-state index contributed by atoms with van der Waals surface area (Å²) in [4.78, 5) is 23.9. The van der Waals surface area contributed by atoms with Crippen LogP contribution in [0.4, 0.5) is 19.3 Å². The van der Waals surface area contributed by atoms with Gasteiger partial charge in [0, 0.05) is 13.6 Å². The van der Waals surface area contributed by atoms with E-state index < -0.39 is 34.6 Å². The third-order valence-corrected chi connectivity index (χ3v) is 3.12. The fraction of sp³-hybridized carbons (Fsp3) is 0.273. The Hall–Kier alpha value is -1.89. The number of carbonyl (C=O) groups is 2. The molecular weight excluding hydrogens is 280 g/mol. The number of carbonyl (C=O) groups excluding carboxylic acids is 2. The standard InChI is InChI=1S/C11H10ClF2N3O2/c1-17(10(18)6-4-15-11(19)16-6)7-3-2-5(13)8(12)9(7)14/h2-3,6H,4H2,1H3,(H2,15,16,19)/t6-/m0/s1. The van der Waals surface area contributed by atoms with Crippen molar-refractivity contribution in [2.24, 2.45) is 0 Å². The van der Waals surface area contributed by atoms with Gasteiger partial charge < -0.3 is 15.5 Å². The van der Waals surface area contributed by atoms with Crippen LogP contribution in [0.5, 0.6) is 0 Å². The lowest BCUT2D eigenvalue weighted by atomic mass is 10.2. The molecule has 1 aliphatic heterocycles. The van der Waals surface area contributed by atoms with Gasteiger partial charge in [0.25, 0.3) is 5.91 Å². The van der Waals surface area contributed by atoms with E-state index in [0.717, 1.165) is 17.0 Å². The molecule has 5 nitrogen and oxygen atoms in total. The summed E-state index contributed by atoms with van der Waals surface area (Å²) in [6, 6.07) is 0.819. The Bertz CT molecular complexity index is 553. The highest BCUT2D eigenvalue weighted by Gasteiger charge is 2.31. The van der Waals surface area contributed by atoms with Gasteiger partial charge in [-0.15, -0.1) is 0 Å². The van der Waals surface area contributed by atoms with Crippen LogP contribution < -0.4 is 15.5 Å². The second-order valence-electron chi connectivity index (χ2n) is 4.00. The SMILES string of the molecule is CN(C(=O)[C@@H]1CNC(=O)N1)c1ccc(F)c(Cl)c1F. The first kappa shape index (κ1) is 13.5. The molecule has 0 aromatic heterocycles. The summed E-state index contributed by atoms with van der Waals surface area (Å²) >= 11 is 5.44. The molecule has 1 saturated heterocycles. The summed E-state index contributed by atoms with van der Waals surface area (Å²) in [5, 5.41) is 4.12. The fourth-order valence-corrected chi connectivity index (χ4v) is 1.89. The van der Waals surface area contributed by atoms with Crippen molar-refractivity contribution in [1.82, 2.24) is 10.6 Å². The summed E-state index contributed by atoms with van der Waals surface area (Å²) in [7, 11) is 1.32. The summed E-state index contributed by atoms with van der Waals surface area (Å²) in [6.45, 7) is 0.110. The number of halogens is 3. The van der Waals surface area contributed by atoms with Crippen LogP contribution in [0, 0.1) is 11.6 Å². The highest BCUT2D eigenvalue weighted by Crippen LogP contribution is 2.27. The smallest absolute Gasteiger partial charge is 0.315 e.